The van der Waals surface area contributed by atoms with Crippen LogP contribution in [0.4, 0.5) is 0 Å². The number of para-hydroxylation sites is 1. The number of amides is 1. The van der Waals surface area contributed by atoms with Crippen LogP contribution >= 0.6 is 0 Å². The minimum absolute atomic E-state index is 0.0344. The van der Waals surface area contributed by atoms with Crippen LogP contribution in [-0.4, -0.2) is 55.8 Å². The number of carbonyl (C=O) groups is 1. The zero-order valence-corrected chi connectivity index (χ0v) is 14.8. The van der Waals surface area contributed by atoms with Gasteiger partial charge in [-0.05, 0) is 56.7 Å². The van der Waals surface area contributed by atoms with Crippen LogP contribution in [0.15, 0.2) is 24.3 Å². The third-order valence-corrected chi connectivity index (χ3v) is 5.51. The summed E-state index contributed by atoms with van der Waals surface area (Å²) in [5, 5.41) is 3.11. The van der Waals surface area contributed by atoms with Gasteiger partial charge in [-0.2, -0.15) is 0 Å². The Bertz CT molecular complexity index is 596. The first-order valence-corrected chi connectivity index (χ1v) is 9.65. The van der Waals surface area contributed by atoms with E-state index in [9.17, 15) is 4.79 Å². The molecule has 1 N–H and O–H groups in total. The summed E-state index contributed by atoms with van der Waals surface area (Å²) in [5.74, 6) is 1.19. The Hall–Kier alpha value is -1.59. The molecule has 2 atom stereocenters. The molecule has 1 saturated carbocycles. The molecule has 2 aliphatic heterocycles. The van der Waals surface area contributed by atoms with Gasteiger partial charge in [0.05, 0.1) is 11.7 Å². The SMILES string of the molecule is O=C(NC[C@@H]1CCN(C2CC2)C1)c1ccccc1OC[C@@H]1CCCO1. The first-order valence-electron chi connectivity index (χ1n) is 9.65. The monoisotopic (exact) mass is 344 g/mol. The minimum atomic E-state index is -0.0344. The second-order valence-electron chi connectivity index (χ2n) is 7.53. The lowest BCUT2D eigenvalue weighted by Crippen LogP contribution is -2.31. The molecule has 5 heteroatoms. The standard InChI is InChI=1S/C20H28N2O3/c23-20(21-12-15-9-10-22(13-15)16-7-8-16)18-5-1-2-6-19(18)25-14-17-4-3-11-24-17/h1-2,5-6,15-17H,3-4,7-14H2,(H,21,23)/t15-,17-/m0/s1. The van der Waals surface area contributed by atoms with Crippen LogP contribution in [0.3, 0.4) is 0 Å². The minimum Gasteiger partial charge on any atom is -0.490 e. The highest BCUT2D eigenvalue weighted by Gasteiger charge is 2.34. The fourth-order valence-electron chi connectivity index (χ4n) is 3.87. The number of carbonyl (C=O) groups excluding carboxylic acids is 1. The summed E-state index contributed by atoms with van der Waals surface area (Å²) >= 11 is 0. The molecule has 0 unspecified atom stereocenters. The van der Waals surface area contributed by atoms with E-state index in [1.54, 1.807) is 0 Å². The second kappa shape index (κ2) is 7.75. The Kier molecular flexibility index (Phi) is 5.22. The molecular formula is C20H28N2O3. The van der Waals surface area contributed by atoms with Gasteiger partial charge < -0.3 is 19.7 Å². The molecule has 0 spiro atoms. The van der Waals surface area contributed by atoms with Gasteiger partial charge in [0.2, 0.25) is 0 Å². The molecule has 1 amide bonds. The molecule has 1 aromatic rings. The van der Waals surface area contributed by atoms with Crippen LogP contribution in [0.5, 0.6) is 5.75 Å². The Balaban J connectivity index is 1.28. The van der Waals surface area contributed by atoms with E-state index in [0.717, 1.165) is 38.6 Å². The van der Waals surface area contributed by atoms with Crippen LogP contribution in [0.25, 0.3) is 0 Å². The molecule has 25 heavy (non-hydrogen) atoms. The van der Waals surface area contributed by atoms with E-state index >= 15 is 0 Å². The van der Waals surface area contributed by atoms with E-state index in [4.69, 9.17) is 9.47 Å². The van der Waals surface area contributed by atoms with Crippen molar-refractivity contribution in [1.29, 1.82) is 0 Å². The van der Waals surface area contributed by atoms with Crippen molar-refractivity contribution in [2.75, 3.05) is 32.8 Å². The van der Waals surface area contributed by atoms with Crippen LogP contribution in [0.2, 0.25) is 0 Å². The van der Waals surface area contributed by atoms with Crippen molar-refractivity contribution in [3.63, 3.8) is 0 Å². The highest BCUT2D eigenvalue weighted by Crippen LogP contribution is 2.31. The van der Waals surface area contributed by atoms with Gasteiger partial charge in [0.15, 0.2) is 0 Å². The van der Waals surface area contributed by atoms with Crippen molar-refractivity contribution in [2.45, 2.75) is 44.2 Å². The second-order valence-corrected chi connectivity index (χ2v) is 7.53. The van der Waals surface area contributed by atoms with Crippen molar-refractivity contribution in [2.24, 2.45) is 5.92 Å². The predicted molar refractivity (Wildman–Crippen MR) is 95.9 cm³/mol. The normalized spacial score (nSPS) is 26.7. The summed E-state index contributed by atoms with van der Waals surface area (Å²) < 4.78 is 11.5. The Morgan fingerprint density at radius 1 is 1.24 bits per heavy atom. The lowest BCUT2D eigenvalue weighted by Gasteiger charge is -2.16. The summed E-state index contributed by atoms with van der Waals surface area (Å²) in [4.78, 5) is 15.2. The van der Waals surface area contributed by atoms with Crippen molar-refractivity contribution in [1.82, 2.24) is 10.2 Å². The molecule has 2 saturated heterocycles. The molecule has 5 nitrogen and oxygen atoms in total. The van der Waals surface area contributed by atoms with E-state index in [0.29, 0.717) is 23.8 Å². The smallest absolute Gasteiger partial charge is 0.255 e. The van der Waals surface area contributed by atoms with E-state index in [1.165, 1.54) is 25.8 Å². The summed E-state index contributed by atoms with van der Waals surface area (Å²) in [6.45, 7) is 4.40. The third kappa shape index (κ3) is 4.33. The Morgan fingerprint density at radius 2 is 2.12 bits per heavy atom. The maximum atomic E-state index is 12.6. The maximum absolute atomic E-state index is 12.6. The highest BCUT2D eigenvalue weighted by molar-refractivity contribution is 5.96. The largest absolute Gasteiger partial charge is 0.490 e. The third-order valence-electron chi connectivity index (χ3n) is 5.51. The quantitative estimate of drug-likeness (QED) is 0.825. The average molecular weight is 344 g/mol. The van der Waals surface area contributed by atoms with E-state index < -0.39 is 0 Å². The molecule has 3 fully saturated rings. The van der Waals surface area contributed by atoms with E-state index in [-0.39, 0.29) is 12.0 Å². The van der Waals surface area contributed by atoms with Crippen LogP contribution in [0, 0.1) is 5.92 Å². The first kappa shape index (κ1) is 16.9. The van der Waals surface area contributed by atoms with Crippen molar-refractivity contribution >= 4 is 5.91 Å². The lowest BCUT2D eigenvalue weighted by atomic mass is 10.1. The number of ether oxygens (including phenoxy) is 2. The van der Waals surface area contributed by atoms with Gasteiger partial charge in [0, 0.05) is 25.7 Å². The van der Waals surface area contributed by atoms with Crippen LogP contribution in [0.1, 0.15) is 42.5 Å². The molecule has 0 aromatic heterocycles. The van der Waals surface area contributed by atoms with Crippen LogP contribution < -0.4 is 10.1 Å². The number of nitrogens with zero attached hydrogens (tertiary/aromatic N) is 1. The number of hydrogen-bond donors (Lipinski definition) is 1. The maximum Gasteiger partial charge on any atom is 0.255 e. The molecule has 0 bridgehead atoms. The molecule has 136 valence electrons. The van der Waals surface area contributed by atoms with E-state index in [2.05, 4.69) is 10.2 Å². The van der Waals surface area contributed by atoms with Gasteiger partial charge >= 0.3 is 0 Å². The van der Waals surface area contributed by atoms with E-state index in [1.807, 2.05) is 24.3 Å². The molecular weight excluding hydrogens is 316 g/mol. The van der Waals surface area contributed by atoms with Crippen LogP contribution in [-0.2, 0) is 4.74 Å². The summed E-state index contributed by atoms with van der Waals surface area (Å²) in [6.07, 6.45) is 6.18. The summed E-state index contributed by atoms with van der Waals surface area (Å²) in [6, 6.07) is 8.33. The predicted octanol–water partition coefficient (Wildman–Crippen LogP) is 2.46. The van der Waals surface area contributed by atoms with Gasteiger partial charge in [-0.25, -0.2) is 0 Å². The molecule has 1 aromatic carbocycles. The number of likely N-dealkylation sites (tertiary alicyclic amines) is 1. The summed E-state index contributed by atoms with van der Waals surface area (Å²) in [7, 11) is 0. The number of rotatable bonds is 7. The fraction of sp³-hybridized carbons (Fsp3) is 0.650. The Labute approximate surface area is 149 Å². The topological polar surface area (TPSA) is 50.8 Å². The molecule has 1 aliphatic carbocycles. The zero-order chi connectivity index (χ0) is 17.1. The first-order chi connectivity index (χ1) is 12.3. The van der Waals surface area contributed by atoms with Gasteiger partial charge in [-0.3, -0.25) is 4.79 Å². The molecule has 0 radical (unpaired) electrons. The van der Waals surface area contributed by atoms with Crippen molar-refractivity contribution in [3.05, 3.63) is 29.8 Å². The summed E-state index contributed by atoms with van der Waals surface area (Å²) in [5.41, 5.74) is 0.623. The lowest BCUT2D eigenvalue weighted by molar-refractivity contribution is 0.0670. The van der Waals surface area contributed by atoms with Gasteiger partial charge in [0.1, 0.15) is 12.4 Å². The van der Waals surface area contributed by atoms with Gasteiger partial charge in [-0.15, -0.1) is 0 Å². The molecule has 4 rings (SSSR count). The number of hydrogen-bond acceptors (Lipinski definition) is 4. The number of benzene rings is 1. The molecule has 3 aliphatic rings. The van der Waals surface area contributed by atoms with Crippen molar-refractivity contribution in [3.8, 4) is 5.75 Å². The highest BCUT2D eigenvalue weighted by atomic mass is 16.5. The fourth-order valence-corrected chi connectivity index (χ4v) is 3.87. The van der Waals surface area contributed by atoms with Gasteiger partial charge in [0.25, 0.3) is 5.91 Å². The van der Waals surface area contributed by atoms with Gasteiger partial charge in [-0.1, -0.05) is 12.1 Å². The Morgan fingerprint density at radius 3 is 2.92 bits per heavy atom. The average Bonchev–Trinajstić information content (AvgIpc) is 3.16. The van der Waals surface area contributed by atoms with Crippen molar-refractivity contribution < 1.29 is 14.3 Å². The zero-order valence-electron chi connectivity index (χ0n) is 14.8. The number of nitrogens with one attached hydrogen (secondary N) is 1. The molecule has 2 heterocycles.